The molecule has 0 radical (unpaired) electrons. The molecule has 3 aromatic rings. The third-order valence-electron chi connectivity index (χ3n) is 4.84. The average molecular weight is 399 g/mol. The molecule has 0 unspecified atom stereocenters. The summed E-state index contributed by atoms with van der Waals surface area (Å²) in [7, 11) is -3.01. The molecule has 146 valence electrons. The van der Waals surface area contributed by atoms with E-state index >= 15 is 0 Å². The predicted molar refractivity (Wildman–Crippen MR) is 106 cm³/mol. The molecule has 4 heterocycles. The number of carbonyl (C=O) groups excluding carboxylic acids is 1. The van der Waals surface area contributed by atoms with E-state index in [1.807, 2.05) is 35.7 Å². The summed E-state index contributed by atoms with van der Waals surface area (Å²) in [6, 6.07) is 9.41. The Kier molecular flexibility index (Phi) is 4.76. The van der Waals surface area contributed by atoms with Gasteiger partial charge in [0.25, 0.3) is 5.91 Å². The maximum Gasteiger partial charge on any atom is 0.255 e. The first-order valence-corrected chi connectivity index (χ1v) is 10.9. The number of aromatic nitrogens is 3. The number of hydrogen-bond acceptors (Lipinski definition) is 6. The van der Waals surface area contributed by atoms with Gasteiger partial charge in [0.05, 0.1) is 29.3 Å². The highest BCUT2D eigenvalue weighted by molar-refractivity contribution is 7.91. The van der Waals surface area contributed by atoms with Gasteiger partial charge in [-0.1, -0.05) is 6.07 Å². The van der Waals surface area contributed by atoms with E-state index in [1.165, 1.54) is 6.20 Å². The van der Waals surface area contributed by atoms with Gasteiger partial charge in [-0.25, -0.2) is 18.4 Å². The van der Waals surface area contributed by atoms with E-state index in [9.17, 15) is 13.2 Å². The summed E-state index contributed by atoms with van der Waals surface area (Å²) in [4.78, 5) is 22.9. The molecule has 0 saturated carbocycles. The number of carbonyl (C=O) groups is 1. The Hall–Kier alpha value is -2.94. The van der Waals surface area contributed by atoms with Crippen molar-refractivity contribution in [2.45, 2.75) is 13.5 Å². The number of anilines is 1. The number of imidazole rings is 1. The van der Waals surface area contributed by atoms with E-state index in [0.29, 0.717) is 17.9 Å². The number of hydrogen-bond donors (Lipinski definition) is 1. The molecule has 1 saturated heterocycles. The van der Waals surface area contributed by atoms with E-state index in [2.05, 4.69) is 15.3 Å². The van der Waals surface area contributed by atoms with Crippen molar-refractivity contribution in [2.75, 3.05) is 29.9 Å². The van der Waals surface area contributed by atoms with E-state index in [4.69, 9.17) is 0 Å². The second-order valence-corrected chi connectivity index (χ2v) is 9.16. The van der Waals surface area contributed by atoms with Crippen molar-refractivity contribution in [1.82, 2.24) is 19.3 Å². The molecule has 0 aliphatic carbocycles. The fourth-order valence-corrected chi connectivity index (χ4v) is 4.39. The summed E-state index contributed by atoms with van der Waals surface area (Å²) in [5, 5.41) is 3.21. The lowest BCUT2D eigenvalue weighted by molar-refractivity contribution is 0.0770. The zero-order valence-electron chi connectivity index (χ0n) is 15.5. The van der Waals surface area contributed by atoms with Gasteiger partial charge in [0.15, 0.2) is 9.84 Å². The zero-order chi connectivity index (χ0) is 19.7. The molecule has 0 aromatic carbocycles. The second-order valence-electron chi connectivity index (χ2n) is 6.86. The molecule has 0 spiro atoms. The fraction of sp³-hybridized carbons (Fsp3) is 0.316. The Morgan fingerprint density at radius 3 is 2.64 bits per heavy atom. The van der Waals surface area contributed by atoms with Crippen LogP contribution >= 0.6 is 0 Å². The molecule has 0 bridgehead atoms. The average Bonchev–Trinajstić information content (AvgIpc) is 3.11. The summed E-state index contributed by atoms with van der Waals surface area (Å²) < 4.78 is 25.0. The van der Waals surface area contributed by atoms with Crippen molar-refractivity contribution in [1.29, 1.82) is 0 Å². The number of nitrogens with zero attached hydrogens (tertiary/aromatic N) is 4. The van der Waals surface area contributed by atoms with Gasteiger partial charge >= 0.3 is 0 Å². The number of rotatable bonds is 4. The predicted octanol–water partition coefficient (Wildman–Crippen LogP) is 1.52. The smallest absolute Gasteiger partial charge is 0.255 e. The lowest BCUT2D eigenvalue weighted by Gasteiger charge is -2.26. The first-order valence-electron chi connectivity index (χ1n) is 9.04. The number of amides is 1. The van der Waals surface area contributed by atoms with Crippen LogP contribution in [-0.2, 0) is 16.4 Å². The van der Waals surface area contributed by atoms with Gasteiger partial charge in [-0.2, -0.15) is 0 Å². The highest BCUT2D eigenvalue weighted by Crippen LogP contribution is 2.13. The van der Waals surface area contributed by atoms with Crippen LogP contribution in [0.4, 0.5) is 5.82 Å². The molecule has 1 amide bonds. The number of aryl methyl sites for hydroxylation is 1. The summed E-state index contributed by atoms with van der Waals surface area (Å²) in [5.74, 6) is 0.491. The lowest BCUT2D eigenvalue weighted by Crippen LogP contribution is -2.43. The van der Waals surface area contributed by atoms with Gasteiger partial charge in [-0.05, 0) is 31.2 Å². The van der Waals surface area contributed by atoms with Gasteiger partial charge in [-0.3, -0.25) is 4.79 Å². The van der Waals surface area contributed by atoms with Crippen molar-refractivity contribution >= 4 is 27.2 Å². The number of pyridine rings is 2. The maximum absolute atomic E-state index is 12.5. The van der Waals surface area contributed by atoms with Crippen LogP contribution in [0.1, 0.15) is 21.7 Å². The molecule has 1 fully saturated rings. The SMILES string of the molecule is Cc1cccc2nc(CNc3ccc(C(=O)N4CCS(=O)(=O)CC4)cn3)cn12. The van der Waals surface area contributed by atoms with Gasteiger partial charge < -0.3 is 14.6 Å². The molecule has 28 heavy (non-hydrogen) atoms. The summed E-state index contributed by atoms with van der Waals surface area (Å²) in [6.45, 7) is 3.01. The first kappa shape index (κ1) is 18.4. The van der Waals surface area contributed by atoms with E-state index in [1.54, 1.807) is 17.0 Å². The van der Waals surface area contributed by atoms with Crippen LogP contribution in [0.2, 0.25) is 0 Å². The fourth-order valence-electron chi connectivity index (χ4n) is 3.19. The second kappa shape index (κ2) is 7.23. The topological polar surface area (TPSA) is 96.7 Å². The van der Waals surface area contributed by atoms with Gasteiger partial charge in [0, 0.05) is 31.2 Å². The van der Waals surface area contributed by atoms with Crippen LogP contribution < -0.4 is 5.32 Å². The quantitative estimate of drug-likeness (QED) is 0.715. The van der Waals surface area contributed by atoms with E-state index in [-0.39, 0.29) is 30.5 Å². The molecule has 1 aliphatic rings. The minimum Gasteiger partial charge on any atom is -0.364 e. The van der Waals surface area contributed by atoms with Gasteiger partial charge in [0.1, 0.15) is 11.5 Å². The molecule has 1 N–H and O–H groups in total. The minimum absolute atomic E-state index is 0.0181. The van der Waals surface area contributed by atoms with Gasteiger partial charge in [-0.15, -0.1) is 0 Å². The van der Waals surface area contributed by atoms with Crippen LogP contribution in [0.15, 0.2) is 42.7 Å². The highest BCUT2D eigenvalue weighted by Gasteiger charge is 2.25. The van der Waals surface area contributed by atoms with Crippen LogP contribution in [-0.4, -0.2) is 58.2 Å². The normalized spacial score (nSPS) is 16.2. The third-order valence-corrected chi connectivity index (χ3v) is 6.45. The molecular weight excluding hydrogens is 378 g/mol. The van der Waals surface area contributed by atoms with Gasteiger partial charge in [0.2, 0.25) is 0 Å². The Labute approximate surface area is 163 Å². The van der Waals surface area contributed by atoms with Crippen molar-refractivity contribution < 1.29 is 13.2 Å². The lowest BCUT2D eigenvalue weighted by atomic mass is 10.2. The van der Waals surface area contributed by atoms with Crippen LogP contribution in [0.25, 0.3) is 5.65 Å². The first-order chi connectivity index (χ1) is 13.4. The van der Waals surface area contributed by atoms with Crippen molar-refractivity contribution in [3.8, 4) is 0 Å². The number of fused-ring (bicyclic) bond motifs is 1. The maximum atomic E-state index is 12.5. The monoisotopic (exact) mass is 399 g/mol. The van der Waals surface area contributed by atoms with E-state index in [0.717, 1.165) is 17.0 Å². The molecule has 4 rings (SSSR count). The van der Waals surface area contributed by atoms with Crippen molar-refractivity contribution in [2.24, 2.45) is 0 Å². The summed E-state index contributed by atoms with van der Waals surface area (Å²) in [5.41, 5.74) is 3.36. The molecule has 8 nitrogen and oxygen atoms in total. The number of nitrogens with one attached hydrogen (secondary N) is 1. The molecular formula is C19H21N5O3S. The Balaban J connectivity index is 1.39. The van der Waals surface area contributed by atoms with E-state index < -0.39 is 9.84 Å². The Bertz CT molecular complexity index is 1110. The molecule has 1 aliphatic heterocycles. The number of sulfone groups is 1. The van der Waals surface area contributed by atoms with Crippen LogP contribution in [0, 0.1) is 6.92 Å². The van der Waals surface area contributed by atoms with Crippen molar-refractivity contribution in [3.63, 3.8) is 0 Å². The minimum atomic E-state index is -3.01. The van der Waals surface area contributed by atoms with Crippen LogP contribution in [0.3, 0.4) is 0 Å². The van der Waals surface area contributed by atoms with Crippen molar-refractivity contribution in [3.05, 3.63) is 59.7 Å². The Morgan fingerprint density at radius 1 is 1.18 bits per heavy atom. The third kappa shape index (κ3) is 3.84. The zero-order valence-corrected chi connectivity index (χ0v) is 16.3. The summed E-state index contributed by atoms with van der Waals surface area (Å²) in [6.07, 6.45) is 3.50. The van der Waals surface area contributed by atoms with Crippen LogP contribution in [0.5, 0.6) is 0 Å². The standard InChI is InChI=1S/C19H21N5O3S/c1-14-3-2-4-18-22-16(13-24(14)18)12-21-17-6-5-15(11-20-17)19(25)23-7-9-28(26,27)10-8-23/h2-6,11,13H,7-10,12H2,1H3,(H,20,21). The molecule has 3 aromatic heterocycles. The summed E-state index contributed by atoms with van der Waals surface area (Å²) >= 11 is 0. The Morgan fingerprint density at radius 2 is 1.96 bits per heavy atom. The highest BCUT2D eigenvalue weighted by atomic mass is 32.2. The molecule has 0 atom stereocenters. The molecule has 9 heteroatoms. The largest absolute Gasteiger partial charge is 0.364 e.